The molecule has 0 bridgehead atoms. The van der Waals surface area contributed by atoms with E-state index in [-0.39, 0.29) is 18.6 Å². The molecule has 0 aliphatic heterocycles. The highest BCUT2D eigenvalue weighted by Crippen LogP contribution is 2.06. The van der Waals surface area contributed by atoms with E-state index in [0.717, 1.165) is 19.4 Å². The van der Waals surface area contributed by atoms with Crippen LogP contribution in [0, 0.1) is 5.92 Å². The van der Waals surface area contributed by atoms with Gasteiger partial charge < -0.3 is 15.2 Å². The third-order valence-electron chi connectivity index (χ3n) is 2.38. The van der Waals surface area contributed by atoms with Gasteiger partial charge in [-0.15, -0.1) is 0 Å². The normalized spacial score (nSPS) is 14.9. The second-order valence-electron chi connectivity index (χ2n) is 3.44. The quantitative estimate of drug-likeness (QED) is 0.593. The van der Waals surface area contributed by atoms with Crippen molar-refractivity contribution in [2.45, 2.75) is 32.7 Å². The first kappa shape index (κ1) is 13.4. The van der Waals surface area contributed by atoms with Crippen molar-refractivity contribution in [3.8, 4) is 0 Å². The van der Waals surface area contributed by atoms with Crippen molar-refractivity contribution >= 4 is 5.97 Å². The first-order valence-electron chi connectivity index (χ1n) is 5.07. The lowest BCUT2D eigenvalue weighted by atomic mass is 10.0. The van der Waals surface area contributed by atoms with Gasteiger partial charge in [0.05, 0.1) is 7.11 Å². The van der Waals surface area contributed by atoms with Gasteiger partial charge in [-0.3, -0.25) is 4.79 Å². The number of rotatable bonds is 7. The van der Waals surface area contributed by atoms with Crippen LogP contribution in [-0.4, -0.2) is 37.4 Å². The molecule has 0 saturated heterocycles. The molecule has 0 saturated carbocycles. The SMILES string of the molecule is CCC(CCO)CNC(C)C(=O)OC. The number of carbonyl (C=O) groups is 1. The number of hydrogen-bond acceptors (Lipinski definition) is 4. The van der Waals surface area contributed by atoms with Crippen LogP contribution in [-0.2, 0) is 9.53 Å². The molecule has 2 N–H and O–H groups in total. The Bertz CT molecular complexity index is 161. The van der Waals surface area contributed by atoms with E-state index in [1.807, 2.05) is 0 Å². The van der Waals surface area contributed by atoms with Crippen LogP contribution in [0.25, 0.3) is 0 Å². The molecule has 0 aromatic heterocycles. The van der Waals surface area contributed by atoms with Crippen LogP contribution in [0.4, 0.5) is 0 Å². The van der Waals surface area contributed by atoms with Crippen molar-refractivity contribution in [2.75, 3.05) is 20.3 Å². The van der Waals surface area contributed by atoms with Crippen molar-refractivity contribution in [3.63, 3.8) is 0 Å². The molecule has 0 radical (unpaired) electrons. The number of carbonyl (C=O) groups excluding carboxylic acids is 1. The lowest BCUT2D eigenvalue weighted by Crippen LogP contribution is -2.37. The molecule has 4 nitrogen and oxygen atoms in total. The fraction of sp³-hybridized carbons (Fsp3) is 0.900. The minimum absolute atomic E-state index is 0.201. The molecule has 0 aliphatic carbocycles. The van der Waals surface area contributed by atoms with Crippen LogP contribution in [0.5, 0.6) is 0 Å². The second-order valence-corrected chi connectivity index (χ2v) is 3.44. The average molecular weight is 203 g/mol. The zero-order chi connectivity index (χ0) is 11.0. The fourth-order valence-corrected chi connectivity index (χ4v) is 1.24. The van der Waals surface area contributed by atoms with Gasteiger partial charge in [0, 0.05) is 6.61 Å². The van der Waals surface area contributed by atoms with Crippen LogP contribution in [0.3, 0.4) is 0 Å². The van der Waals surface area contributed by atoms with Gasteiger partial charge in [0.1, 0.15) is 6.04 Å². The number of aliphatic hydroxyl groups is 1. The molecule has 4 heteroatoms. The summed E-state index contributed by atoms with van der Waals surface area (Å²) in [6.07, 6.45) is 1.78. The van der Waals surface area contributed by atoms with E-state index in [0.29, 0.717) is 5.92 Å². The molecule has 0 rings (SSSR count). The molecular formula is C10H21NO3. The second kappa shape index (κ2) is 7.76. The Kier molecular flexibility index (Phi) is 7.42. The maximum atomic E-state index is 11.0. The van der Waals surface area contributed by atoms with Crippen molar-refractivity contribution in [3.05, 3.63) is 0 Å². The van der Waals surface area contributed by atoms with Gasteiger partial charge in [-0.05, 0) is 25.8 Å². The highest BCUT2D eigenvalue weighted by atomic mass is 16.5. The van der Waals surface area contributed by atoms with Gasteiger partial charge in [0.25, 0.3) is 0 Å². The minimum atomic E-state index is -0.271. The van der Waals surface area contributed by atoms with Crippen molar-refractivity contribution in [1.29, 1.82) is 0 Å². The maximum absolute atomic E-state index is 11.0. The molecule has 0 fully saturated rings. The monoisotopic (exact) mass is 203 g/mol. The van der Waals surface area contributed by atoms with E-state index in [1.165, 1.54) is 7.11 Å². The van der Waals surface area contributed by atoms with Gasteiger partial charge in [-0.1, -0.05) is 13.3 Å². The average Bonchev–Trinajstić information content (AvgIpc) is 2.22. The summed E-state index contributed by atoms with van der Waals surface area (Å²) in [4.78, 5) is 11.0. The summed E-state index contributed by atoms with van der Waals surface area (Å²) in [6.45, 7) is 4.79. The lowest BCUT2D eigenvalue weighted by molar-refractivity contribution is -0.142. The maximum Gasteiger partial charge on any atom is 0.322 e. The van der Waals surface area contributed by atoms with Crippen LogP contribution < -0.4 is 5.32 Å². The molecule has 84 valence electrons. The van der Waals surface area contributed by atoms with E-state index < -0.39 is 0 Å². The predicted octanol–water partition coefficient (Wildman–Crippen LogP) is 0.546. The lowest BCUT2D eigenvalue weighted by Gasteiger charge is -2.17. The summed E-state index contributed by atoms with van der Waals surface area (Å²) in [5.74, 6) is 0.177. The summed E-state index contributed by atoms with van der Waals surface area (Å²) in [7, 11) is 1.38. The number of esters is 1. The zero-order valence-corrected chi connectivity index (χ0v) is 9.25. The number of hydrogen-bond donors (Lipinski definition) is 2. The topological polar surface area (TPSA) is 58.6 Å². The molecule has 14 heavy (non-hydrogen) atoms. The highest BCUT2D eigenvalue weighted by Gasteiger charge is 2.14. The molecule has 0 aromatic carbocycles. The van der Waals surface area contributed by atoms with E-state index in [4.69, 9.17) is 5.11 Å². The first-order chi connectivity index (χ1) is 6.65. The fourth-order valence-electron chi connectivity index (χ4n) is 1.24. The number of ether oxygens (including phenoxy) is 1. The van der Waals surface area contributed by atoms with Crippen molar-refractivity contribution in [1.82, 2.24) is 5.32 Å². The van der Waals surface area contributed by atoms with Gasteiger partial charge in [0.15, 0.2) is 0 Å². The van der Waals surface area contributed by atoms with E-state index in [1.54, 1.807) is 6.92 Å². The van der Waals surface area contributed by atoms with E-state index >= 15 is 0 Å². The third kappa shape index (κ3) is 5.19. The molecule has 0 amide bonds. The van der Waals surface area contributed by atoms with Crippen molar-refractivity contribution < 1.29 is 14.6 Å². The Hall–Kier alpha value is -0.610. The van der Waals surface area contributed by atoms with Gasteiger partial charge in [-0.2, -0.15) is 0 Å². The highest BCUT2D eigenvalue weighted by molar-refractivity contribution is 5.75. The van der Waals surface area contributed by atoms with Crippen LogP contribution in [0.15, 0.2) is 0 Å². The molecular weight excluding hydrogens is 182 g/mol. The summed E-state index contributed by atoms with van der Waals surface area (Å²) in [5, 5.41) is 11.9. The molecule has 0 aliphatic rings. The number of nitrogens with one attached hydrogen (secondary N) is 1. The molecule has 0 spiro atoms. The summed E-state index contributed by atoms with van der Waals surface area (Å²) in [6, 6.07) is -0.271. The van der Waals surface area contributed by atoms with Crippen LogP contribution in [0.2, 0.25) is 0 Å². The molecule has 0 heterocycles. The summed E-state index contributed by atoms with van der Waals surface area (Å²) < 4.78 is 4.59. The standard InChI is InChI=1S/C10H21NO3/c1-4-9(5-6-12)7-11-8(2)10(13)14-3/h8-9,11-12H,4-7H2,1-3H3. The minimum Gasteiger partial charge on any atom is -0.468 e. The Morgan fingerprint density at radius 2 is 2.21 bits per heavy atom. The van der Waals surface area contributed by atoms with E-state index in [2.05, 4.69) is 17.0 Å². The summed E-state index contributed by atoms with van der Waals surface area (Å²) >= 11 is 0. The number of aliphatic hydroxyl groups excluding tert-OH is 1. The van der Waals surface area contributed by atoms with Crippen LogP contribution >= 0.6 is 0 Å². The Balaban J connectivity index is 3.72. The number of methoxy groups -OCH3 is 1. The smallest absolute Gasteiger partial charge is 0.322 e. The van der Waals surface area contributed by atoms with Gasteiger partial charge in [-0.25, -0.2) is 0 Å². The largest absolute Gasteiger partial charge is 0.468 e. The van der Waals surface area contributed by atoms with E-state index in [9.17, 15) is 4.79 Å². The summed E-state index contributed by atoms with van der Waals surface area (Å²) in [5.41, 5.74) is 0. The van der Waals surface area contributed by atoms with Crippen molar-refractivity contribution in [2.24, 2.45) is 5.92 Å². The van der Waals surface area contributed by atoms with Crippen LogP contribution in [0.1, 0.15) is 26.7 Å². The molecule has 2 atom stereocenters. The third-order valence-corrected chi connectivity index (χ3v) is 2.38. The van der Waals surface area contributed by atoms with Gasteiger partial charge in [0.2, 0.25) is 0 Å². The molecule has 0 aromatic rings. The Labute approximate surface area is 85.6 Å². The Morgan fingerprint density at radius 3 is 2.64 bits per heavy atom. The predicted molar refractivity (Wildman–Crippen MR) is 55.0 cm³/mol. The Morgan fingerprint density at radius 1 is 1.57 bits per heavy atom. The first-order valence-corrected chi connectivity index (χ1v) is 5.07. The van der Waals surface area contributed by atoms with Gasteiger partial charge >= 0.3 is 5.97 Å². The zero-order valence-electron chi connectivity index (χ0n) is 9.25. The molecule has 2 unspecified atom stereocenters.